The first-order valence-electron chi connectivity index (χ1n) is 7.34. The monoisotopic (exact) mass is 270 g/mol. The maximum atomic E-state index is 4.49. The summed E-state index contributed by atoms with van der Waals surface area (Å²) in [5.74, 6) is 0.961. The van der Waals surface area contributed by atoms with Crippen molar-refractivity contribution in [2.24, 2.45) is 0 Å². The molecule has 3 rings (SSSR count). The molecule has 1 aromatic carbocycles. The molecule has 2 heterocycles. The van der Waals surface area contributed by atoms with Crippen molar-refractivity contribution in [1.29, 1.82) is 0 Å². The van der Waals surface area contributed by atoms with Crippen LogP contribution in [-0.2, 0) is 6.54 Å². The molecule has 0 aliphatic carbocycles. The minimum atomic E-state index is 0.625. The number of imidazole rings is 1. The van der Waals surface area contributed by atoms with Gasteiger partial charge in [-0.2, -0.15) is 0 Å². The van der Waals surface area contributed by atoms with Crippen LogP contribution in [0.1, 0.15) is 18.5 Å². The lowest BCUT2D eigenvalue weighted by Gasteiger charge is -2.32. The Kier molecular flexibility index (Phi) is 4.14. The van der Waals surface area contributed by atoms with Crippen LogP contribution in [-0.4, -0.2) is 41.0 Å². The van der Waals surface area contributed by atoms with Gasteiger partial charge in [0.2, 0.25) is 0 Å². The largest absolute Gasteiger partial charge is 0.341 e. The molecule has 1 saturated heterocycles. The Morgan fingerprint density at radius 1 is 1.35 bits per heavy atom. The van der Waals surface area contributed by atoms with Crippen molar-refractivity contribution in [1.82, 2.24) is 20.2 Å². The number of likely N-dealkylation sites (N-methyl/N-ethyl adjacent to an activating group) is 1. The molecule has 4 heteroatoms. The number of benzene rings is 1. The van der Waals surface area contributed by atoms with E-state index >= 15 is 0 Å². The smallest absolute Gasteiger partial charge is 0.137 e. The molecule has 1 aromatic heterocycles. The molecule has 0 spiro atoms. The van der Waals surface area contributed by atoms with Gasteiger partial charge < -0.3 is 10.3 Å². The average Bonchev–Trinajstić information content (AvgIpc) is 2.97. The predicted molar refractivity (Wildman–Crippen MR) is 81.4 cm³/mol. The summed E-state index contributed by atoms with van der Waals surface area (Å²) < 4.78 is 0. The fraction of sp³-hybridized carbons (Fsp3) is 0.438. The lowest BCUT2D eigenvalue weighted by molar-refractivity contribution is 0.186. The molecule has 1 unspecified atom stereocenters. The highest BCUT2D eigenvalue weighted by molar-refractivity contribution is 5.54. The zero-order chi connectivity index (χ0) is 13.8. The van der Waals surface area contributed by atoms with E-state index in [0.29, 0.717) is 6.04 Å². The van der Waals surface area contributed by atoms with Crippen LogP contribution in [0.2, 0.25) is 0 Å². The van der Waals surface area contributed by atoms with E-state index in [9.17, 15) is 0 Å². The predicted octanol–water partition coefficient (Wildman–Crippen LogP) is 2.26. The zero-order valence-electron chi connectivity index (χ0n) is 12.0. The molecule has 106 valence electrons. The third kappa shape index (κ3) is 3.08. The highest BCUT2D eigenvalue weighted by Gasteiger charge is 2.18. The Bertz CT molecular complexity index is 534. The zero-order valence-corrected chi connectivity index (χ0v) is 12.0. The second-order valence-corrected chi connectivity index (χ2v) is 5.49. The number of aromatic amines is 1. The van der Waals surface area contributed by atoms with E-state index in [2.05, 4.69) is 39.4 Å². The Hall–Kier alpha value is -1.65. The fourth-order valence-electron chi connectivity index (χ4n) is 2.86. The quantitative estimate of drug-likeness (QED) is 0.895. The van der Waals surface area contributed by atoms with Crippen LogP contribution in [0.3, 0.4) is 0 Å². The van der Waals surface area contributed by atoms with E-state index in [1.165, 1.54) is 25.1 Å². The molecule has 20 heavy (non-hydrogen) atoms. The van der Waals surface area contributed by atoms with E-state index in [1.54, 1.807) is 0 Å². The maximum absolute atomic E-state index is 4.49. The first-order valence-corrected chi connectivity index (χ1v) is 7.34. The van der Waals surface area contributed by atoms with Gasteiger partial charge in [-0.3, -0.25) is 4.90 Å². The van der Waals surface area contributed by atoms with Crippen molar-refractivity contribution in [2.75, 3.05) is 20.1 Å². The van der Waals surface area contributed by atoms with Crippen molar-refractivity contribution in [3.05, 3.63) is 42.2 Å². The topological polar surface area (TPSA) is 44.0 Å². The highest BCUT2D eigenvalue weighted by atomic mass is 15.2. The second kappa shape index (κ2) is 6.20. The molecular formula is C16H22N4. The van der Waals surface area contributed by atoms with Crippen LogP contribution in [0.5, 0.6) is 0 Å². The first-order chi connectivity index (χ1) is 9.85. The van der Waals surface area contributed by atoms with Crippen molar-refractivity contribution in [3.8, 4) is 11.4 Å². The van der Waals surface area contributed by atoms with Crippen molar-refractivity contribution >= 4 is 0 Å². The van der Waals surface area contributed by atoms with Crippen LogP contribution >= 0.6 is 0 Å². The van der Waals surface area contributed by atoms with Crippen LogP contribution in [0.4, 0.5) is 0 Å². The summed E-state index contributed by atoms with van der Waals surface area (Å²) in [6.45, 7) is 3.26. The van der Waals surface area contributed by atoms with Gasteiger partial charge in [-0.05, 0) is 26.4 Å². The number of nitrogens with zero attached hydrogens (tertiary/aromatic N) is 2. The van der Waals surface area contributed by atoms with Gasteiger partial charge in [-0.15, -0.1) is 0 Å². The molecule has 0 radical (unpaired) electrons. The maximum Gasteiger partial charge on any atom is 0.137 e. The summed E-state index contributed by atoms with van der Waals surface area (Å²) in [6, 6.07) is 10.9. The molecule has 1 aliphatic heterocycles. The van der Waals surface area contributed by atoms with Gasteiger partial charge in [-0.25, -0.2) is 4.98 Å². The molecule has 2 N–H and O–H groups in total. The lowest BCUT2D eigenvalue weighted by atomic mass is 10.1. The van der Waals surface area contributed by atoms with Gasteiger partial charge in [-0.1, -0.05) is 30.3 Å². The van der Waals surface area contributed by atoms with Crippen molar-refractivity contribution < 1.29 is 0 Å². The summed E-state index contributed by atoms with van der Waals surface area (Å²) in [4.78, 5) is 10.4. The molecule has 1 fully saturated rings. The minimum Gasteiger partial charge on any atom is -0.341 e. The van der Waals surface area contributed by atoms with Gasteiger partial charge in [0.25, 0.3) is 0 Å². The third-order valence-corrected chi connectivity index (χ3v) is 3.98. The van der Waals surface area contributed by atoms with Gasteiger partial charge in [0.1, 0.15) is 5.82 Å². The fourth-order valence-corrected chi connectivity index (χ4v) is 2.86. The minimum absolute atomic E-state index is 0.625. The number of rotatable bonds is 4. The third-order valence-electron chi connectivity index (χ3n) is 3.98. The van der Waals surface area contributed by atoms with E-state index in [4.69, 9.17) is 0 Å². The summed E-state index contributed by atoms with van der Waals surface area (Å²) in [6.07, 6.45) is 4.52. The van der Waals surface area contributed by atoms with Crippen molar-refractivity contribution in [3.63, 3.8) is 0 Å². The number of piperidine rings is 1. The Morgan fingerprint density at radius 2 is 2.20 bits per heavy atom. The van der Waals surface area contributed by atoms with Gasteiger partial charge in [0.15, 0.2) is 0 Å². The second-order valence-electron chi connectivity index (χ2n) is 5.49. The number of likely N-dealkylation sites (tertiary alicyclic amines) is 1. The molecule has 1 atom stereocenters. The number of aromatic nitrogens is 2. The summed E-state index contributed by atoms with van der Waals surface area (Å²) in [7, 11) is 2.05. The molecule has 0 bridgehead atoms. The number of nitrogens with one attached hydrogen (secondary N) is 2. The van der Waals surface area contributed by atoms with Crippen LogP contribution in [0, 0.1) is 0 Å². The molecule has 4 nitrogen and oxygen atoms in total. The Balaban J connectivity index is 1.65. The van der Waals surface area contributed by atoms with E-state index in [-0.39, 0.29) is 0 Å². The molecular weight excluding hydrogens is 248 g/mol. The molecule has 0 amide bonds. The van der Waals surface area contributed by atoms with Crippen LogP contribution in [0.25, 0.3) is 11.4 Å². The standard InChI is InChI=1S/C16H22N4/c1-17-14-8-5-9-20(11-14)12-15-10-18-16(19-15)13-6-3-2-4-7-13/h2-4,6-7,10,14,17H,5,8-9,11-12H2,1H3,(H,18,19). The first kappa shape index (κ1) is 13.3. The average molecular weight is 270 g/mol. The van der Waals surface area contributed by atoms with Gasteiger partial charge in [0, 0.05) is 36.6 Å². The SMILES string of the molecule is CNC1CCCN(Cc2cnc(-c3ccccc3)[nH]2)C1. The number of hydrogen-bond donors (Lipinski definition) is 2. The normalized spacial score (nSPS) is 20.1. The highest BCUT2D eigenvalue weighted by Crippen LogP contribution is 2.17. The molecule has 0 saturated carbocycles. The van der Waals surface area contributed by atoms with E-state index in [1.807, 2.05) is 24.4 Å². The molecule has 2 aromatic rings. The van der Waals surface area contributed by atoms with Gasteiger partial charge >= 0.3 is 0 Å². The summed E-state index contributed by atoms with van der Waals surface area (Å²) in [5, 5.41) is 3.38. The number of H-pyrrole nitrogens is 1. The van der Waals surface area contributed by atoms with E-state index < -0.39 is 0 Å². The van der Waals surface area contributed by atoms with Crippen molar-refractivity contribution in [2.45, 2.75) is 25.4 Å². The Morgan fingerprint density at radius 3 is 3.00 bits per heavy atom. The lowest BCUT2D eigenvalue weighted by Crippen LogP contribution is -2.43. The number of hydrogen-bond acceptors (Lipinski definition) is 3. The Labute approximate surface area is 120 Å². The van der Waals surface area contributed by atoms with Crippen LogP contribution < -0.4 is 5.32 Å². The van der Waals surface area contributed by atoms with E-state index in [0.717, 1.165) is 24.5 Å². The molecule has 1 aliphatic rings. The summed E-state index contributed by atoms with van der Waals surface area (Å²) >= 11 is 0. The van der Waals surface area contributed by atoms with Gasteiger partial charge in [0.05, 0.1) is 0 Å². The van der Waals surface area contributed by atoms with Crippen LogP contribution in [0.15, 0.2) is 36.5 Å². The summed E-state index contributed by atoms with van der Waals surface area (Å²) in [5.41, 5.74) is 2.34.